The highest BCUT2D eigenvalue weighted by Crippen LogP contribution is 2.40. The Bertz CT molecular complexity index is 3180. The van der Waals surface area contributed by atoms with Gasteiger partial charge in [-0.1, -0.05) is 0 Å². The van der Waals surface area contributed by atoms with Crippen LogP contribution in [0.2, 0.25) is 0 Å². The number of rotatable bonds is 30. The maximum absolute atomic E-state index is 13.0. The Morgan fingerprint density at radius 3 is 0.817 bits per heavy atom. The van der Waals surface area contributed by atoms with E-state index >= 15 is 0 Å². The van der Waals surface area contributed by atoms with E-state index < -0.39 is 343 Å². The molecule has 8 rings (SSSR count). The number of carbonyl (C=O) groups excluding carboxylic acids is 4. The van der Waals surface area contributed by atoms with Gasteiger partial charge in [0.05, 0.1) is 52.9 Å². The zero-order chi connectivity index (χ0) is 80.9. The summed E-state index contributed by atoms with van der Waals surface area (Å²) in [5.74, 6) is -3.85. The molecule has 632 valence electrons. The Morgan fingerprint density at radius 2 is 0.514 bits per heavy atom. The van der Waals surface area contributed by atoms with E-state index in [1.165, 1.54) is 0 Å². The summed E-state index contributed by atoms with van der Waals surface area (Å²) in [5.41, 5.74) is 0. The van der Waals surface area contributed by atoms with Crippen LogP contribution in [-0.4, -0.2) is 450 Å². The summed E-state index contributed by atoms with van der Waals surface area (Å²) in [6, 6.07) is -7.77. The van der Waals surface area contributed by atoms with Crippen LogP contribution in [0.5, 0.6) is 0 Å². The molecule has 8 heterocycles. The minimum atomic E-state index is -5.57. The maximum Gasteiger partial charge on any atom is 0.397 e. The van der Waals surface area contributed by atoms with Crippen molar-refractivity contribution >= 4 is 44.4 Å². The van der Waals surface area contributed by atoms with Gasteiger partial charge in [-0.15, -0.1) is 0 Å². The number of aliphatic hydroxyl groups excluding tert-OH is 20. The number of hydrogen-bond acceptors (Lipinski definition) is 45. The van der Waals surface area contributed by atoms with Crippen LogP contribution in [-0.2, 0) is 119 Å². The summed E-state index contributed by atoms with van der Waals surface area (Å²) in [6.07, 6.45) is -77.3. The lowest BCUT2D eigenvalue weighted by Crippen LogP contribution is -2.71. The number of amides is 4. The van der Waals surface area contributed by atoms with E-state index in [0.717, 1.165) is 27.7 Å². The Hall–Kier alpha value is -3.78. The third-order valence-corrected chi connectivity index (χ3v) is 19.5. The second-order valence-corrected chi connectivity index (χ2v) is 28.6. The molecule has 8 fully saturated rings. The SMILES string of the molecule is CC(=O)N[C@@H]1[C@@H](O[C@@H]2O[C@H](CO)[C@H](O)[C@H](O[C@@H]3O[C@H](CO)[C@@H](O[C@@H]4O[C@H](CO)[C@H](O)[C@H](O[C@@H]5O[C@H](COS(=O)(=O)O)[C@@H](O[C@@H]6O[C@H](CO)[C@H](O)[C@H](O[C@@H]7O[C@H](COS(=O)(=O)O)[C@@H](O[C@@H]8O[C@H](CO)[C@H](O)[C@H](O)[C@H]8O)[C@H](O)[C@H]7NC(C)=O)[C@H]6O)[C@H](O)[C@H]5NC(C)=O)[C@H]4O)[C@H](O)[C@H]3NC(C)=O)[C@H]2O)[C@@H](O)[C@@H](CO)O[C@H]1O. The summed E-state index contributed by atoms with van der Waals surface area (Å²) in [4.78, 5) is 50.8. The van der Waals surface area contributed by atoms with E-state index in [1.807, 2.05) is 0 Å². The van der Waals surface area contributed by atoms with Gasteiger partial charge in [0.25, 0.3) is 0 Å². The minimum absolute atomic E-state index is 0.794. The highest BCUT2D eigenvalue weighted by atomic mass is 32.3. The van der Waals surface area contributed by atoms with Crippen LogP contribution < -0.4 is 21.3 Å². The molecule has 8 saturated heterocycles. The molecule has 51 nitrogen and oxygen atoms in total. The fourth-order valence-electron chi connectivity index (χ4n) is 13.4. The van der Waals surface area contributed by atoms with Gasteiger partial charge < -0.3 is 194 Å². The van der Waals surface area contributed by atoms with Crippen molar-refractivity contribution in [3.05, 3.63) is 0 Å². The molecule has 0 unspecified atom stereocenters. The molecule has 0 bridgehead atoms. The third kappa shape index (κ3) is 21.7. The number of nitrogens with one attached hydrogen (secondary N) is 4. The molecule has 8 aliphatic heterocycles. The Morgan fingerprint density at radius 1 is 0.275 bits per heavy atom. The Balaban J connectivity index is 1.03. The Labute approximate surface area is 616 Å². The predicted molar refractivity (Wildman–Crippen MR) is 332 cm³/mol. The van der Waals surface area contributed by atoms with Crippen LogP contribution in [0.15, 0.2) is 0 Å². The van der Waals surface area contributed by atoms with Gasteiger partial charge in [-0.3, -0.25) is 28.3 Å². The lowest BCUT2D eigenvalue weighted by atomic mass is 9.93. The summed E-state index contributed by atoms with van der Waals surface area (Å²) >= 11 is 0. The van der Waals surface area contributed by atoms with Crippen LogP contribution in [0.3, 0.4) is 0 Å². The summed E-state index contributed by atoms with van der Waals surface area (Å²) in [6.45, 7) is -5.86. The Kier molecular flexibility index (Phi) is 32.3. The van der Waals surface area contributed by atoms with Crippen LogP contribution >= 0.6 is 0 Å². The van der Waals surface area contributed by atoms with Crippen molar-refractivity contribution in [2.45, 2.75) is 273 Å². The quantitative estimate of drug-likeness (QED) is 0.0297. The first-order valence-corrected chi connectivity index (χ1v) is 36.2. The first-order chi connectivity index (χ1) is 51.1. The molecule has 0 saturated carbocycles. The van der Waals surface area contributed by atoms with Crippen LogP contribution in [0, 0.1) is 0 Å². The minimum Gasteiger partial charge on any atom is -0.394 e. The second kappa shape index (κ2) is 38.8. The van der Waals surface area contributed by atoms with E-state index in [2.05, 4.69) is 29.6 Å². The van der Waals surface area contributed by atoms with Crippen molar-refractivity contribution < 1.29 is 227 Å². The largest absolute Gasteiger partial charge is 0.397 e. The van der Waals surface area contributed by atoms with Gasteiger partial charge in [0.15, 0.2) is 50.3 Å². The monoisotopic (exact) mass is 1640 g/mol. The van der Waals surface area contributed by atoms with E-state index in [1.54, 1.807) is 0 Å². The molecule has 0 aliphatic carbocycles. The third-order valence-electron chi connectivity index (χ3n) is 18.7. The van der Waals surface area contributed by atoms with Gasteiger partial charge in [-0.05, 0) is 0 Å². The van der Waals surface area contributed by atoms with E-state index in [0.29, 0.717) is 0 Å². The fraction of sp³-hybridized carbons (Fsp3) is 0.929. The molecule has 0 radical (unpaired) electrons. The van der Waals surface area contributed by atoms with Gasteiger partial charge in [0.2, 0.25) is 23.6 Å². The number of hydrogen-bond donors (Lipinski definition) is 26. The standard InChI is InChI=1S/C56H94N4O47S2/c1-13(67)57-25-34(76)42(22(10-66)98-50(25)105-48-33(75)21(9-65)97-56(41(48)83)104-45-28(60-16(4)70)49(84)93-18(6-62)30(45)72)101-54-39(81)46(31(73)19(7-63)95-54)106-52-27(59-15(3)69)36(78)44(24(100-52)12-92-109(88,89)90)103-55-40(82)47(32(74)20(8-64)96-55)107-51-26(58-14(2)68)35(77)43(23(99-51)11-91-108(85,86)87)102-53-38(80)37(79)29(71)17(5-61)94-53/h17-56,61-66,71-84H,5-12H2,1-4H3,(H,57,67)(H,58,68)(H,59,69)(H,60,70)(H,85,86,87)(H,88,89,90)/t17-,18-,19-,20-,21-,22-,23-,24-,25-,26-,27-,28-,29+,30+,31+,32+,33+,34-,35-,36-,37+,38-,39-,40-,41-,42-,43-,44-,45-,46+,47+,48+,49-,50+,51+,52+,53+,54+,55+,56+/m1/s1. The van der Waals surface area contributed by atoms with Gasteiger partial charge in [0.1, 0.15) is 195 Å². The topological polar surface area (TPSA) is 787 Å². The summed E-state index contributed by atoms with van der Waals surface area (Å²) in [7, 11) is -11.0. The van der Waals surface area contributed by atoms with Crippen LogP contribution in [0.4, 0.5) is 0 Å². The van der Waals surface area contributed by atoms with Gasteiger partial charge in [0, 0.05) is 27.7 Å². The maximum atomic E-state index is 13.0. The number of ether oxygens (including phenoxy) is 15. The molecule has 0 aromatic rings. The summed E-state index contributed by atoms with van der Waals surface area (Å²) in [5, 5.41) is 231. The molecule has 109 heavy (non-hydrogen) atoms. The van der Waals surface area contributed by atoms with E-state index in [-0.39, 0.29) is 0 Å². The fourth-order valence-corrected chi connectivity index (χ4v) is 14.0. The van der Waals surface area contributed by atoms with Crippen molar-refractivity contribution in [3.63, 3.8) is 0 Å². The smallest absolute Gasteiger partial charge is 0.394 e. The lowest BCUT2D eigenvalue weighted by molar-refractivity contribution is -0.388. The average molecular weight is 1640 g/mol. The highest BCUT2D eigenvalue weighted by Gasteiger charge is 2.61. The molecule has 53 heteroatoms. The van der Waals surface area contributed by atoms with Crippen molar-refractivity contribution in [1.29, 1.82) is 0 Å². The van der Waals surface area contributed by atoms with Crippen molar-refractivity contribution in [1.82, 2.24) is 21.3 Å². The molecule has 0 aromatic heterocycles. The zero-order valence-electron chi connectivity index (χ0n) is 57.6. The molecule has 40 atom stereocenters. The van der Waals surface area contributed by atoms with Gasteiger partial charge >= 0.3 is 20.8 Å². The number of carbonyl (C=O) groups is 4. The lowest BCUT2D eigenvalue weighted by Gasteiger charge is -2.51. The van der Waals surface area contributed by atoms with E-state index in [9.17, 15) is 147 Å². The molecule has 0 spiro atoms. The molecule has 4 amide bonds. The zero-order valence-corrected chi connectivity index (χ0v) is 59.2. The summed E-state index contributed by atoms with van der Waals surface area (Å²) < 4.78 is 163. The highest BCUT2D eigenvalue weighted by molar-refractivity contribution is 7.81. The molecule has 0 aromatic carbocycles. The molecule has 8 aliphatic rings. The normalized spacial score (nSPS) is 46.0. The van der Waals surface area contributed by atoms with Crippen molar-refractivity contribution in [2.75, 3.05) is 52.9 Å². The first-order valence-electron chi connectivity index (χ1n) is 33.4. The second-order valence-electron chi connectivity index (χ2n) is 26.4. The van der Waals surface area contributed by atoms with Crippen molar-refractivity contribution in [3.8, 4) is 0 Å². The van der Waals surface area contributed by atoms with Crippen LogP contribution in [0.25, 0.3) is 0 Å². The predicted octanol–water partition coefficient (Wildman–Crippen LogP) is -18.2. The van der Waals surface area contributed by atoms with Gasteiger partial charge in [-0.2, -0.15) is 16.8 Å². The first kappa shape index (κ1) is 90.8. The molecular weight excluding hydrogens is 1540 g/mol. The number of aliphatic hydroxyl groups is 20. The molecule has 26 N–H and O–H groups in total. The van der Waals surface area contributed by atoms with Gasteiger partial charge in [-0.25, -0.2) is 8.37 Å². The van der Waals surface area contributed by atoms with Crippen LogP contribution in [0.1, 0.15) is 27.7 Å². The molecular formula is C56H94N4O47S2. The van der Waals surface area contributed by atoms with Crippen molar-refractivity contribution in [2.24, 2.45) is 0 Å². The van der Waals surface area contributed by atoms with E-state index in [4.69, 9.17) is 71.1 Å². The average Bonchev–Trinajstić information content (AvgIpc) is 0.769.